The summed E-state index contributed by atoms with van der Waals surface area (Å²) in [4.78, 5) is 22.9. The quantitative estimate of drug-likeness (QED) is 0.612. The highest BCUT2D eigenvalue weighted by Gasteiger charge is 2.33. The van der Waals surface area contributed by atoms with Gasteiger partial charge in [0.1, 0.15) is 5.78 Å². The Labute approximate surface area is 92.2 Å². The molecule has 0 amide bonds. The van der Waals surface area contributed by atoms with E-state index in [1.165, 1.54) is 7.11 Å². The second-order valence-corrected chi connectivity index (χ2v) is 3.84. The first kappa shape index (κ1) is 14.1. The molecule has 0 bridgehead atoms. The molecule has 0 spiro atoms. The fraction of sp³-hybridized carbons (Fsp3) is 0.833. The van der Waals surface area contributed by atoms with E-state index in [4.69, 9.17) is 0 Å². The Hall–Kier alpha value is -0.860. The molecule has 3 heteroatoms. The van der Waals surface area contributed by atoms with Crippen molar-refractivity contribution in [2.24, 2.45) is 5.41 Å². The van der Waals surface area contributed by atoms with Gasteiger partial charge < -0.3 is 4.74 Å². The highest BCUT2D eigenvalue weighted by molar-refractivity contribution is 5.85. The number of esters is 1. The summed E-state index contributed by atoms with van der Waals surface area (Å²) in [5.41, 5.74) is -0.317. The molecule has 0 fully saturated rings. The number of ketones is 1. The number of hydrogen-bond acceptors (Lipinski definition) is 3. The summed E-state index contributed by atoms with van der Waals surface area (Å²) in [6, 6.07) is 0. The molecule has 0 rings (SSSR count). The van der Waals surface area contributed by atoms with Crippen LogP contribution >= 0.6 is 0 Å². The average Bonchev–Trinajstić information content (AvgIpc) is 2.29. The minimum Gasteiger partial charge on any atom is -0.469 e. The van der Waals surface area contributed by atoms with Gasteiger partial charge in [0.05, 0.1) is 7.11 Å². The van der Waals surface area contributed by atoms with Crippen molar-refractivity contribution in [1.82, 2.24) is 0 Å². The molecule has 0 saturated carbocycles. The molecule has 3 nitrogen and oxygen atoms in total. The Morgan fingerprint density at radius 1 is 1.13 bits per heavy atom. The van der Waals surface area contributed by atoms with Gasteiger partial charge in [-0.25, -0.2) is 0 Å². The minimum atomic E-state index is -0.317. The van der Waals surface area contributed by atoms with Crippen LogP contribution < -0.4 is 0 Å². The highest BCUT2D eigenvalue weighted by atomic mass is 16.5. The Bertz CT molecular complexity index is 217. The molecule has 0 heterocycles. The van der Waals surface area contributed by atoms with E-state index in [1.54, 1.807) is 0 Å². The molecule has 0 atom stereocenters. The van der Waals surface area contributed by atoms with Crippen molar-refractivity contribution >= 4 is 11.8 Å². The predicted molar refractivity (Wildman–Crippen MR) is 59.6 cm³/mol. The van der Waals surface area contributed by atoms with Crippen LogP contribution in [0.25, 0.3) is 0 Å². The van der Waals surface area contributed by atoms with Crippen LogP contribution in [0.2, 0.25) is 0 Å². The van der Waals surface area contributed by atoms with Crippen LogP contribution in [0.3, 0.4) is 0 Å². The Morgan fingerprint density at radius 3 is 2.00 bits per heavy atom. The fourth-order valence-electron chi connectivity index (χ4n) is 1.96. The van der Waals surface area contributed by atoms with Gasteiger partial charge in [0, 0.05) is 18.3 Å². The summed E-state index contributed by atoms with van der Waals surface area (Å²) in [7, 11) is 1.38. The third-order valence-electron chi connectivity index (χ3n) is 3.30. The van der Waals surface area contributed by atoms with Crippen molar-refractivity contribution in [3.05, 3.63) is 0 Å². The van der Waals surface area contributed by atoms with Gasteiger partial charge >= 0.3 is 5.97 Å². The van der Waals surface area contributed by atoms with Gasteiger partial charge in [0.15, 0.2) is 0 Å². The van der Waals surface area contributed by atoms with E-state index in [9.17, 15) is 9.59 Å². The summed E-state index contributed by atoms with van der Waals surface area (Å²) in [6.45, 7) is 5.89. The lowest BCUT2D eigenvalue weighted by Crippen LogP contribution is -2.30. The van der Waals surface area contributed by atoms with Crippen molar-refractivity contribution in [1.29, 1.82) is 0 Å². The average molecular weight is 214 g/mol. The summed E-state index contributed by atoms with van der Waals surface area (Å²) < 4.78 is 4.60. The van der Waals surface area contributed by atoms with E-state index in [0.29, 0.717) is 19.3 Å². The molecule has 0 aromatic carbocycles. The predicted octanol–water partition coefficient (Wildman–Crippen LogP) is 2.73. The van der Waals surface area contributed by atoms with Crippen LogP contribution in [0.5, 0.6) is 0 Å². The maximum atomic E-state index is 11.8. The van der Waals surface area contributed by atoms with E-state index in [0.717, 1.165) is 12.8 Å². The fourth-order valence-corrected chi connectivity index (χ4v) is 1.96. The molecule has 0 aliphatic carbocycles. The zero-order valence-electron chi connectivity index (χ0n) is 10.3. The Morgan fingerprint density at radius 2 is 1.67 bits per heavy atom. The zero-order valence-corrected chi connectivity index (χ0v) is 10.3. The third-order valence-corrected chi connectivity index (χ3v) is 3.30. The largest absolute Gasteiger partial charge is 0.469 e. The van der Waals surface area contributed by atoms with Crippen LogP contribution in [0.1, 0.15) is 52.9 Å². The first-order chi connectivity index (χ1) is 7.06. The van der Waals surface area contributed by atoms with E-state index in [2.05, 4.69) is 4.74 Å². The van der Waals surface area contributed by atoms with Crippen molar-refractivity contribution < 1.29 is 14.3 Å². The normalized spacial score (nSPS) is 11.2. The maximum absolute atomic E-state index is 11.8. The number of Topliss-reactive ketones (excluding diaryl/α,β-unsaturated/α-hetero) is 1. The Balaban J connectivity index is 4.50. The van der Waals surface area contributed by atoms with Crippen molar-refractivity contribution in [2.75, 3.05) is 7.11 Å². The molecule has 0 aliphatic heterocycles. The first-order valence-electron chi connectivity index (χ1n) is 5.66. The van der Waals surface area contributed by atoms with Gasteiger partial charge in [0.25, 0.3) is 0 Å². The van der Waals surface area contributed by atoms with Gasteiger partial charge in [0.2, 0.25) is 0 Å². The number of ether oxygens (including phenoxy) is 1. The Kier molecular flexibility index (Phi) is 6.21. The van der Waals surface area contributed by atoms with Gasteiger partial charge in [-0.3, -0.25) is 9.59 Å². The van der Waals surface area contributed by atoms with Crippen molar-refractivity contribution in [2.45, 2.75) is 52.9 Å². The molecule has 0 unspecified atom stereocenters. The smallest absolute Gasteiger partial charge is 0.305 e. The first-order valence-corrected chi connectivity index (χ1v) is 5.66. The standard InChI is InChI=1S/C12H22O3/c1-5-10(13)12(6-2,7-3)9-8-11(14)15-4/h5-9H2,1-4H3. The number of methoxy groups -OCH3 is 1. The van der Waals surface area contributed by atoms with Crippen LogP contribution in [0.15, 0.2) is 0 Å². The molecule has 0 aromatic heterocycles. The molecule has 88 valence electrons. The number of carbonyl (C=O) groups excluding carboxylic acids is 2. The molecule has 0 radical (unpaired) electrons. The third kappa shape index (κ3) is 3.65. The monoisotopic (exact) mass is 214 g/mol. The van der Waals surface area contributed by atoms with Crippen LogP contribution in [0, 0.1) is 5.41 Å². The lowest BCUT2D eigenvalue weighted by Gasteiger charge is -2.29. The summed E-state index contributed by atoms with van der Waals surface area (Å²) in [5, 5.41) is 0. The van der Waals surface area contributed by atoms with E-state index in [-0.39, 0.29) is 17.2 Å². The number of hydrogen-bond donors (Lipinski definition) is 0. The molecular weight excluding hydrogens is 192 g/mol. The van der Waals surface area contributed by atoms with E-state index < -0.39 is 0 Å². The highest BCUT2D eigenvalue weighted by Crippen LogP contribution is 2.34. The minimum absolute atomic E-state index is 0.231. The molecule has 0 saturated heterocycles. The molecule has 0 N–H and O–H groups in total. The summed E-state index contributed by atoms with van der Waals surface area (Å²) >= 11 is 0. The zero-order chi connectivity index (χ0) is 11.9. The number of rotatable bonds is 7. The molecule has 0 aliphatic rings. The maximum Gasteiger partial charge on any atom is 0.305 e. The van der Waals surface area contributed by atoms with Crippen LogP contribution in [0.4, 0.5) is 0 Å². The van der Waals surface area contributed by atoms with Gasteiger partial charge in [-0.1, -0.05) is 20.8 Å². The molecular formula is C12H22O3. The van der Waals surface area contributed by atoms with Crippen molar-refractivity contribution in [3.63, 3.8) is 0 Å². The van der Waals surface area contributed by atoms with Gasteiger partial charge in [-0.2, -0.15) is 0 Å². The SMILES string of the molecule is CCC(=O)C(CC)(CC)CCC(=O)OC. The number of carbonyl (C=O) groups is 2. The molecule has 0 aromatic rings. The van der Waals surface area contributed by atoms with Crippen LogP contribution in [-0.4, -0.2) is 18.9 Å². The van der Waals surface area contributed by atoms with Gasteiger partial charge in [-0.15, -0.1) is 0 Å². The molecule has 15 heavy (non-hydrogen) atoms. The summed E-state index contributed by atoms with van der Waals surface area (Å²) in [6.07, 6.45) is 3.09. The van der Waals surface area contributed by atoms with E-state index in [1.807, 2.05) is 20.8 Å². The summed E-state index contributed by atoms with van der Waals surface area (Å²) in [5.74, 6) is 0.0292. The topological polar surface area (TPSA) is 43.4 Å². The lowest BCUT2D eigenvalue weighted by atomic mass is 9.74. The van der Waals surface area contributed by atoms with E-state index >= 15 is 0 Å². The van der Waals surface area contributed by atoms with Crippen molar-refractivity contribution in [3.8, 4) is 0 Å². The lowest BCUT2D eigenvalue weighted by molar-refractivity contribution is -0.142. The second-order valence-electron chi connectivity index (χ2n) is 3.84. The van der Waals surface area contributed by atoms with Gasteiger partial charge in [-0.05, 0) is 19.3 Å². The van der Waals surface area contributed by atoms with Crippen LogP contribution in [-0.2, 0) is 14.3 Å². The second kappa shape index (κ2) is 6.59.